The van der Waals surface area contributed by atoms with Crippen LogP contribution >= 0.6 is 12.2 Å². The Bertz CT molecular complexity index is 638. The van der Waals surface area contributed by atoms with Crippen LogP contribution in [0, 0.1) is 0 Å². The first kappa shape index (κ1) is 21.5. The van der Waals surface area contributed by atoms with E-state index in [4.69, 9.17) is 12.2 Å². The molecular formula is C15H18F3N3O4S. The summed E-state index contributed by atoms with van der Waals surface area (Å²) in [7, 11) is 0. The average Bonchev–Trinajstić information content (AvgIpc) is 2.53. The number of thiocarbonyl (C=S) groups is 1. The molecule has 26 heavy (non-hydrogen) atoms. The molecule has 1 aromatic carbocycles. The predicted octanol–water partition coefficient (Wildman–Crippen LogP) is 2.88. The first-order valence-corrected chi connectivity index (χ1v) is 7.93. The van der Waals surface area contributed by atoms with Crippen LogP contribution in [0.25, 0.3) is 0 Å². The second kappa shape index (κ2) is 9.80. The van der Waals surface area contributed by atoms with Gasteiger partial charge in [0.1, 0.15) is 5.75 Å². The number of anilines is 1. The monoisotopic (exact) mass is 393 g/mol. The van der Waals surface area contributed by atoms with E-state index in [9.17, 15) is 22.8 Å². The maximum Gasteiger partial charge on any atom is 0.573 e. The van der Waals surface area contributed by atoms with Crippen molar-refractivity contribution < 1.29 is 32.2 Å². The lowest BCUT2D eigenvalue weighted by molar-refractivity contribution is -0.274. The van der Waals surface area contributed by atoms with E-state index in [1.54, 1.807) is 13.8 Å². The molecule has 7 nitrogen and oxygen atoms in total. The van der Waals surface area contributed by atoms with Crippen molar-refractivity contribution >= 4 is 35.0 Å². The Morgan fingerprint density at radius 3 is 2.31 bits per heavy atom. The summed E-state index contributed by atoms with van der Waals surface area (Å²) in [6, 6.07) is 4.95. The topological polar surface area (TPSA) is 79.9 Å². The van der Waals surface area contributed by atoms with Gasteiger partial charge in [-0.25, -0.2) is 4.79 Å². The van der Waals surface area contributed by atoms with Gasteiger partial charge in [-0.3, -0.25) is 10.1 Å². The molecule has 0 radical (unpaired) electrons. The normalized spacial score (nSPS) is 10.7. The number of benzene rings is 1. The van der Waals surface area contributed by atoms with Crippen LogP contribution in [0.3, 0.4) is 0 Å². The van der Waals surface area contributed by atoms with E-state index in [0.29, 0.717) is 12.2 Å². The Morgan fingerprint density at radius 1 is 1.19 bits per heavy atom. The summed E-state index contributed by atoms with van der Waals surface area (Å²) in [6.07, 6.45) is -5.62. The first-order chi connectivity index (χ1) is 12.1. The van der Waals surface area contributed by atoms with Crippen molar-refractivity contribution in [2.24, 2.45) is 0 Å². The molecule has 11 heteroatoms. The number of carbonyl (C=O) groups is 2. The number of hydrogen-bond donors (Lipinski definition) is 2. The average molecular weight is 393 g/mol. The van der Waals surface area contributed by atoms with E-state index in [1.807, 2.05) is 5.32 Å². The smallest absolute Gasteiger partial charge is 0.450 e. The van der Waals surface area contributed by atoms with E-state index in [0.717, 1.165) is 12.1 Å². The molecule has 0 fully saturated rings. The fourth-order valence-corrected chi connectivity index (χ4v) is 2.08. The lowest BCUT2D eigenvalue weighted by Crippen LogP contribution is -2.44. The Kier molecular flexibility index (Phi) is 8.10. The molecule has 0 spiro atoms. The number of hydrogen-bond acceptors (Lipinski definition) is 5. The molecule has 0 saturated carbocycles. The molecular weight excluding hydrogens is 375 g/mol. The highest BCUT2D eigenvalue weighted by molar-refractivity contribution is 7.80. The molecule has 0 aromatic heterocycles. The molecule has 0 aliphatic carbocycles. The number of imide groups is 1. The van der Waals surface area contributed by atoms with Gasteiger partial charge in [-0.05, 0) is 50.3 Å². The molecule has 0 atom stereocenters. The molecule has 144 valence electrons. The Hall–Kier alpha value is -2.56. The molecule has 0 aliphatic heterocycles. The molecule has 0 bridgehead atoms. The number of ether oxygens (including phenoxy) is 2. The minimum atomic E-state index is -4.77. The van der Waals surface area contributed by atoms with Gasteiger partial charge in [-0.2, -0.15) is 0 Å². The van der Waals surface area contributed by atoms with E-state index in [1.165, 1.54) is 17.0 Å². The SMILES string of the molecule is CCOC(=O)NC(=O)CN(CC)C(=S)Nc1ccc(OC(F)(F)F)cc1. The first-order valence-electron chi connectivity index (χ1n) is 7.53. The summed E-state index contributed by atoms with van der Waals surface area (Å²) in [5, 5.41) is 5.00. The van der Waals surface area contributed by atoms with Gasteiger partial charge in [0.15, 0.2) is 5.11 Å². The number of likely N-dealkylation sites (N-methyl/N-ethyl adjacent to an activating group) is 1. The Morgan fingerprint density at radius 2 is 1.81 bits per heavy atom. The zero-order valence-electron chi connectivity index (χ0n) is 14.1. The summed E-state index contributed by atoms with van der Waals surface area (Å²) in [6.45, 7) is 3.64. The van der Waals surface area contributed by atoms with E-state index < -0.39 is 18.4 Å². The number of carbonyl (C=O) groups excluding carboxylic acids is 2. The third-order valence-corrected chi connectivity index (χ3v) is 3.22. The van der Waals surface area contributed by atoms with Crippen molar-refractivity contribution in [2.45, 2.75) is 20.2 Å². The van der Waals surface area contributed by atoms with Crippen LogP contribution in [0.4, 0.5) is 23.7 Å². The second-order valence-electron chi connectivity index (χ2n) is 4.79. The van der Waals surface area contributed by atoms with Crippen molar-refractivity contribution in [1.82, 2.24) is 10.2 Å². The zero-order valence-corrected chi connectivity index (χ0v) is 14.9. The highest BCUT2D eigenvalue weighted by Gasteiger charge is 2.31. The molecule has 2 amide bonds. The minimum Gasteiger partial charge on any atom is -0.450 e. The fraction of sp³-hybridized carbons (Fsp3) is 0.400. The summed E-state index contributed by atoms with van der Waals surface area (Å²) >= 11 is 5.17. The highest BCUT2D eigenvalue weighted by Crippen LogP contribution is 2.24. The van der Waals surface area contributed by atoms with Gasteiger partial charge in [0, 0.05) is 12.2 Å². The number of rotatable bonds is 6. The Balaban J connectivity index is 2.60. The standard InChI is InChI=1S/C15H18F3N3O4S/c1-3-21(9-12(22)20-14(23)24-4-2)13(26)19-10-5-7-11(8-6-10)25-15(16,17)18/h5-8H,3-4,9H2,1-2H3,(H,19,26)(H,20,22,23). The van der Waals surface area contributed by atoms with E-state index in [-0.39, 0.29) is 24.0 Å². The van der Waals surface area contributed by atoms with Crippen molar-refractivity contribution in [2.75, 3.05) is 25.0 Å². The molecule has 0 aliphatic rings. The quantitative estimate of drug-likeness (QED) is 0.720. The number of amides is 2. The van der Waals surface area contributed by atoms with Gasteiger partial charge in [0.2, 0.25) is 5.91 Å². The van der Waals surface area contributed by atoms with Crippen LogP contribution < -0.4 is 15.4 Å². The van der Waals surface area contributed by atoms with Crippen LogP contribution in [-0.2, 0) is 9.53 Å². The summed E-state index contributed by atoms with van der Waals surface area (Å²) in [4.78, 5) is 24.4. The van der Waals surface area contributed by atoms with Gasteiger partial charge in [0.25, 0.3) is 0 Å². The molecule has 2 N–H and O–H groups in total. The zero-order chi connectivity index (χ0) is 19.7. The number of alkyl carbamates (subject to hydrolysis) is 1. The maximum atomic E-state index is 12.1. The van der Waals surface area contributed by atoms with Gasteiger partial charge in [0.05, 0.1) is 13.2 Å². The lowest BCUT2D eigenvalue weighted by Gasteiger charge is -2.23. The lowest BCUT2D eigenvalue weighted by atomic mass is 10.3. The van der Waals surface area contributed by atoms with Gasteiger partial charge < -0.3 is 19.7 Å². The fourth-order valence-electron chi connectivity index (χ4n) is 1.76. The van der Waals surface area contributed by atoms with Crippen molar-refractivity contribution in [3.05, 3.63) is 24.3 Å². The van der Waals surface area contributed by atoms with Crippen LogP contribution in [0.2, 0.25) is 0 Å². The predicted molar refractivity (Wildman–Crippen MR) is 91.8 cm³/mol. The second-order valence-corrected chi connectivity index (χ2v) is 5.17. The number of nitrogens with one attached hydrogen (secondary N) is 2. The van der Waals surface area contributed by atoms with E-state index in [2.05, 4.69) is 14.8 Å². The van der Waals surface area contributed by atoms with Crippen molar-refractivity contribution in [3.63, 3.8) is 0 Å². The minimum absolute atomic E-state index is 0.130. The molecule has 1 rings (SSSR count). The number of halogens is 3. The maximum absolute atomic E-state index is 12.1. The molecule has 0 heterocycles. The molecule has 0 saturated heterocycles. The van der Waals surface area contributed by atoms with Crippen LogP contribution in [0.5, 0.6) is 5.75 Å². The Labute approximate surface area is 153 Å². The molecule has 0 unspecified atom stereocenters. The summed E-state index contributed by atoms with van der Waals surface area (Å²) in [5.41, 5.74) is 0.411. The van der Waals surface area contributed by atoms with Gasteiger partial charge in [-0.15, -0.1) is 13.2 Å². The largest absolute Gasteiger partial charge is 0.573 e. The van der Waals surface area contributed by atoms with Gasteiger partial charge in [-0.1, -0.05) is 0 Å². The molecule has 1 aromatic rings. The van der Waals surface area contributed by atoms with E-state index >= 15 is 0 Å². The number of alkyl halides is 3. The van der Waals surface area contributed by atoms with Crippen LogP contribution in [-0.4, -0.2) is 48.1 Å². The number of nitrogens with zero attached hydrogens (tertiary/aromatic N) is 1. The van der Waals surface area contributed by atoms with Crippen molar-refractivity contribution in [1.29, 1.82) is 0 Å². The van der Waals surface area contributed by atoms with Crippen LogP contribution in [0.1, 0.15) is 13.8 Å². The summed E-state index contributed by atoms with van der Waals surface area (Å²) in [5.74, 6) is -0.974. The third kappa shape index (κ3) is 8.01. The summed E-state index contributed by atoms with van der Waals surface area (Å²) < 4.78 is 44.8. The van der Waals surface area contributed by atoms with Gasteiger partial charge >= 0.3 is 12.5 Å². The highest BCUT2D eigenvalue weighted by atomic mass is 32.1. The van der Waals surface area contributed by atoms with Crippen molar-refractivity contribution in [3.8, 4) is 5.75 Å². The van der Waals surface area contributed by atoms with Crippen LogP contribution in [0.15, 0.2) is 24.3 Å². The third-order valence-electron chi connectivity index (χ3n) is 2.86.